The van der Waals surface area contributed by atoms with Crippen molar-refractivity contribution in [2.75, 3.05) is 11.1 Å². The summed E-state index contributed by atoms with van der Waals surface area (Å²) in [7, 11) is 0. The molecule has 0 saturated heterocycles. The Labute approximate surface area is 136 Å². The van der Waals surface area contributed by atoms with E-state index in [-0.39, 0.29) is 12.5 Å². The molecule has 5 nitrogen and oxygen atoms in total. The van der Waals surface area contributed by atoms with Crippen LogP contribution in [0.25, 0.3) is 11.0 Å². The fourth-order valence-corrected chi connectivity index (χ4v) is 2.64. The second-order valence-electron chi connectivity index (χ2n) is 4.72. The molecule has 112 valence electrons. The van der Waals surface area contributed by atoms with Crippen LogP contribution in [0.15, 0.2) is 42.5 Å². The average Bonchev–Trinajstić information content (AvgIpc) is 2.78. The minimum absolute atomic E-state index is 0.0469. The van der Waals surface area contributed by atoms with Gasteiger partial charge in [-0.3, -0.25) is 4.79 Å². The molecule has 1 heterocycles. The number of nitrogens with one attached hydrogen (secondary N) is 1. The molecule has 0 atom stereocenters. The number of aromatic nitrogens is 2. The van der Waals surface area contributed by atoms with Crippen LogP contribution in [-0.4, -0.2) is 15.5 Å². The molecular formula is C15H12Cl2N4O. The van der Waals surface area contributed by atoms with Crippen molar-refractivity contribution in [3.05, 3.63) is 52.5 Å². The van der Waals surface area contributed by atoms with E-state index in [2.05, 4.69) is 10.3 Å². The van der Waals surface area contributed by atoms with E-state index in [1.807, 2.05) is 24.3 Å². The van der Waals surface area contributed by atoms with Gasteiger partial charge in [0.15, 0.2) is 0 Å². The molecule has 0 spiro atoms. The molecule has 0 aliphatic carbocycles. The maximum Gasteiger partial charge on any atom is 0.244 e. The molecular weight excluding hydrogens is 323 g/mol. The molecule has 1 aromatic heterocycles. The molecule has 0 aliphatic heterocycles. The zero-order valence-corrected chi connectivity index (χ0v) is 12.9. The first-order valence-corrected chi connectivity index (χ1v) is 7.26. The van der Waals surface area contributed by atoms with Crippen molar-refractivity contribution < 1.29 is 4.79 Å². The van der Waals surface area contributed by atoms with Crippen LogP contribution in [0.2, 0.25) is 10.0 Å². The third kappa shape index (κ3) is 2.86. The van der Waals surface area contributed by atoms with Gasteiger partial charge in [-0.1, -0.05) is 35.3 Å². The summed E-state index contributed by atoms with van der Waals surface area (Å²) in [4.78, 5) is 16.4. The second-order valence-corrected chi connectivity index (χ2v) is 5.56. The molecule has 3 N–H and O–H groups in total. The van der Waals surface area contributed by atoms with E-state index in [1.54, 1.807) is 22.8 Å². The highest BCUT2D eigenvalue weighted by Gasteiger charge is 2.12. The Balaban J connectivity index is 1.83. The fourth-order valence-electron chi connectivity index (χ4n) is 2.18. The van der Waals surface area contributed by atoms with Crippen molar-refractivity contribution in [1.29, 1.82) is 0 Å². The van der Waals surface area contributed by atoms with E-state index in [4.69, 9.17) is 28.9 Å². The first-order valence-electron chi connectivity index (χ1n) is 6.50. The molecule has 3 rings (SSSR count). The van der Waals surface area contributed by atoms with Gasteiger partial charge in [-0.05, 0) is 30.3 Å². The Morgan fingerprint density at radius 3 is 2.77 bits per heavy atom. The summed E-state index contributed by atoms with van der Waals surface area (Å²) < 4.78 is 1.65. The Bertz CT molecular complexity index is 860. The van der Waals surface area contributed by atoms with Crippen LogP contribution in [0.3, 0.4) is 0 Å². The molecule has 7 heteroatoms. The highest BCUT2D eigenvalue weighted by molar-refractivity contribution is 6.36. The van der Waals surface area contributed by atoms with Gasteiger partial charge in [-0.15, -0.1) is 0 Å². The molecule has 22 heavy (non-hydrogen) atoms. The number of nitrogens with two attached hydrogens (primary N) is 1. The Hall–Kier alpha value is -2.24. The van der Waals surface area contributed by atoms with Gasteiger partial charge in [0.1, 0.15) is 6.54 Å². The minimum atomic E-state index is -0.251. The number of hydrogen-bond donors (Lipinski definition) is 2. The quantitative estimate of drug-likeness (QED) is 0.769. The summed E-state index contributed by atoms with van der Waals surface area (Å²) >= 11 is 11.9. The Morgan fingerprint density at radius 2 is 2.00 bits per heavy atom. The number of fused-ring (bicyclic) bond motifs is 1. The van der Waals surface area contributed by atoms with Gasteiger partial charge in [0.05, 0.1) is 21.7 Å². The number of nitrogens with zero attached hydrogens (tertiary/aromatic N) is 2. The number of halogens is 2. The molecule has 0 radical (unpaired) electrons. The number of carbonyl (C=O) groups is 1. The number of carbonyl (C=O) groups excluding carboxylic acids is 1. The van der Waals surface area contributed by atoms with Crippen LogP contribution in [0.4, 0.5) is 11.6 Å². The van der Waals surface area contributed by atoms with E-state index >= 15 is 0 Å². The van der Waals surface area contributed by atoms with Gasteiger partial charge in [-0.2, -0.15) is 0 Å². The lowest BCUT2D eigenvalue weighted by Gasteiger charge is -2.09. The number of rotatable bonds is 3. The zero-order valence-electron chi connectivity index (χ0n) is 11.4. The Kier molecular flexibility index (Phi) is 3.92. The largest absolute Gasteiger partial charge is 0.369 e. The molecule has 0 fully saturated rings. The van der Waals surface area contributed by atoms with Crippen molar-refractivity contribution in [3.63, 3.8) is 0 Å². The third-order valence-electron chi connectivity index (χ3n) is 3.19. The highest BCUT2D eigenvalue weighted by atomic mass is 35.5. The van der Waals surface area contributed by atoms with E-state index in [0.29, 0.717) is 21.7 Å². The fraction of sp³-hybridized carbons (Fsp3) is 0.0667. The number of amides is 1. The summed E-state index contributed by atoms with van der Waals surface area (Å²) in [6.45, 7) is 0.0469. The number of benzene rings is 2. The highest BCUT2D eigenvalue weighted by Crippen LogP contribution is 2.25. The smallest absolute Gasteiger partial charge is 0.244 e. The van der Waals surface area contributed by atoms with E-state index in [0.717, 1.165) is 11.0 Å². The topological polar surface area (TPSA) is 72.9 Å². The first-order chi connectivity index (χ1) is 10.5. The van der Waals surface area contributed by atoms with Crippen molar-refractivity contribution in [3.8, 4) is 0 Å². The number of hydrogen-bond acceptors (Lipinski definition) is 3. The van der Waals surface area contributed by atoms with Crippen LogP contribution >= 0.6 is 23.2 Å². The average molecular weight is 335 g/mol. The van der Waals surface area contributed by atoms with Crippen molar-refractivity contribution in [1.82, 2.24) is 9.55 Å². The zero-order chi connectivity index (χ0) is 15.7. The molecule has 0 saturated carbocycles. The predicted octanol–water partition coefficient (Wildman–Crippen LogP) is 3.56. The lowest BCUT2D eigenvalue weighted by Crippen LogP contribution is -2.20. The van der Waals surface area contributed by atoms with Gasteiger partial charge in [0.25, 0.3) is 0 Å². The van der Waals surface area contributed by atoms with E-state index < -0.39 is 0 Å². The normalized spacial score (nSPS) is 10.8. The summed E-state index contributed by atoms with van der Waals surface area (Å²) in [6, 6.07) is 12.3. The van der Waals surface area contributed by atoms with Crippen molar-refractivity contribution in [2.45, 2.75) is 6.54 Å². The molecule has 0 unspecified atom stereocenters. The van der Waals surface area contributed by atoms with Crippen LogP contribution in [0.1, 0.15) is 0 Å². The molecule has 0 aliphatic rings. The summed E-state index contributed by atoms with van der Waals surface area (Å²) in [5.41, 5.74) is 7.92. The number of para-hydroxylation sites is 2. The van der Waals surface area contributed by atoms with Crippen molar-refractivity contribution >= 4 is 51.8 Å². The van der Waals surface area contributed by atoms with Crippen LogP contribution in [0, 0.1) is 0 Å². The van der Waals surface area contributed by atoms with Gasteiger partial charge < -0.3 is 15.6 Å². The summed E-state index contributed by atoms with van der Waals surface area (Å²) in [5, 5.41) is 3.62. The second kappa shape index (κ2) is 5.87. The summed E-state index contributed by atoms with van der Waals surface area (Å²) in [5.74, 6) is 0.0395. The lowest BCUT2D eigenvalue weighted by molar-refractivity contribution is -0.116. The van der Waals surface area contributed by atoms with Crippen molar-refractivity contribution in [2.24, 2.45) is 0 Å². The van der Waals surface area contributed by atoms with Crippen LogP contribution in [0.5, 0.6) is 0 Å². The summed E-state index contributed by atoms with van der Waals surface area (Å²) in [6.07, 6.45) is 0. The maximum atomic E-state index is 12.2. The standard InChI is InChI=1S/C15H12Cl2N4O/c16-9-5-6-11(10(17)7-9)19-14(22)8-21-13-4-2-1-3-12(13)20-15(21)18/h1-7H,8H2,(H2,18,20)(H,19,22). The SMILES string of the molecule is Nc1nc2ccccc2n1CC(=O)Nc1ccc(Cl)cc1Cl. The van der Waals surface area contributed by atoms with E-state index in [1.165, 1.54) is 0 Å². The minimum Gasteiger partial charge on any atom is -0.369 e. The molecule has 0 bridgehead atoms. The van der Waals surface area contributed by atoms with Gasteiger partial charge in [0.2, 0.25) is 11.9 Å². The number of nitrogen functional groups attached to an aromatic ring is 1. The number of anilines is 2. The van der Waals surface area contributed by atoms with Crippen LogP contribution < -0.4 is 11.1 Å². The van der Waals surface area contributed by atoms with Gasteiger partial charge in [-0.25, -0.2) is 4.98 Å². The lowest BCUT2D eigenvalue weighted by atomic mass is 10.3. The van der Waals surface area contributed by atoms with E-state index in [9.17, 15) is 4.79 Å². The third-order valence-corrected chi connectivity index (χ3v) is 3.74. The predicted molar refractivity (Wildman–Crippen MR) is 89.2 cm³/mol. The maximum absolute atomic E-state index is 12.2. The molecule has 3 aromatic rings. The van der Waals surface area contributed by atoms with Gasteiger partial charge in [0, 0.05) is 5.02 Å². The Morgan fingerprint density at radius 1 is 1.23 bits per heavy atom. The molecule has 1 amide bonds. The van der Waals surface area contributed by atoms with Gasteiger partial charge >= 0.3 is 0 Å². The van der Waals surface area contributed by atoms with Crippen LogP contribution in [-0.2, 0) is 11.3 Å². The number of imidazole rings is 1. The monoisotopic (exact) mass is 334 g/mol. The molecule has 2 aromatic carbocycles. The first kappa shape index (κ1) is 14.7.